The number of nitrogens with one attached hydrogen (secondary N) is 1. The third-order valence-electron chi connectivity index (χ3n) is 3.81. The van der Waals surface area contributed by atoms with E-state index in [2.05, 4.69) is 4.72 Å². The first kappa shape index (κ1) is 15.3. The van der Waals surface area contributed by atoms with Crippen LogP contribution in [0.4, 0.5) is 5.69 Å². The van der Waals surface area contributed by atoms with E-state index in [1.807, 2.05) is 6.92 Å². The van der Waals surface area contributed by atoms with Crippen LogP contribution in [-0.2, 0) is 10.0 Å². The van der Waals surface area contributed by atoms with Crippen LogP contribution in [0.3, 0.4) is 0 Å². The highest BCUT2D eigenvalue weighted by Gasteiger charge is 2.21. The molecule has 0 bridgehead atoms. The van der Waals surface area contributed by atoms with Crippen LogP contribution < -0.4 is 10.5 Å². The Morgan fingerprint density at radius 3 is 2.25 bits per heavy atom. The molecule has 1 aromatic carbocycles. The maximum atomic E-state index is 12.4. The summed E-state index contributed by atoms with van der Waals surface area (Å²) in [6, 6.07) is 5.02. The number of hydrogen-bond acceptors (Lipinski definition) is 3. The summed E-state index contributed by atoms with van der Waals surface area (Å²) in [6.45, 7) is 1.85. The molecule has 0 amide bonds. The van der Waals surface area contributed by atoms with Gasteiger partial charge in [0.05, 0.1) is 4.90 Å². The first-order valence-electron chi connectivity index (χ1n) is 7.37. The van der Waals surface area contributed by atoms with Gasteiger partial charge in [0.1, 0.15) is 0 Å². The van der Waals surface area contributed by atoms with Crippen molar-refractivity contribution < 1.29 is 8.42 Å². The second-order valence-corrected chi connectivity index (χ2v) is 7.46. The second kappa shape index (κ2) is 6.59. The van der Waals surface area contributed by atoms with Gasteiger partial charge in [0.15, 0.2) is 0 Å². The third-order valence-corrected chi connectivity index (χ3v) is 5.31. The van der Waals surface area contributed by atoms with Crippen LogP contribution in [0.25, 0.3) is 0 Å². The molecule has 5 heteroatoms. The summed E-state index contributed by atoms with van der Waals surface area (Å²) in [4.78, 5) is 0.275. The van der Waals surface area contributed by atoms with Crippen molar-refractivity contribution >= 4 is 15.7 Å². The van der Waals surface area contributed by atoms with Crippen LogP contribution >= 0.6 is 0 Å². The van der Waals surface area contributed by atoms with Gasteiger partial charge in [-0.3, -0.25) is 0 Å². The van der Waals surface area contributed by atoms with Crippen molar-refractivity contribution in [1.82, 2.24) is 4.72 Å². The monoisotopic (exact) mass is 296 g/mol. The van der Waals surface area contributed by atoms with Crippen LogP contribution in [0, 0.1) is 6.92 Å². The average molecular weight is 296 g/mol. The summed E-state index contributed by atoms with van der Waals surface area (Å²) < 4.78 is 27.7. The molecule has 3 N–H and O–H groups in total. The van der Waals surface area contributed by atoms with Gasteiger partial charge in [-0.2, -0.15) is 0 Å². The van der Waals surface area contributed by atoms with Crippen molar-refractivity contribution in [3.8, 4) is 0 Å². The first-order chi connectivity index (χ1) is 9.47. The summed E-state index contributed by atoms with van der Waals surface area (Å²) in [7, 11) is -3.46. The number of nitrogens with two attached hydrogens (primary N) is 1. The molecule has 0 unspecified atom stereocenters. The molecular weight excluding hydrogens is 272 g/mol. The number of aryl methyl sites for hydroxylation is 1. The van der Waals surface area contributed by atoms with E-state index in [1.54, 1.807) is 12.1 Å². The molecule has 4 nitrogen and oxygen atoms in total. The fourth-order valence-electron chi connectivity index (χ4n) is 2.79. The molecule has 0 spiro atoms. The Hall–Kier alpha value is -1.07. The fourth-order valence-corrected chi connectivity index (χ4v) is 4.24. The lowest BCUT2D eigenvalue weighted by atomic mass is 9.97. The van der Waals surface area contributed by atoms with Gasteiger partial charge in [-0.25, -0.2) is 13.1 Å². The maximum Gasteiger partial charge on any atom is 0.240 e. The zero-order valence-electron chi connectivity index (χ0n) is 12.1. The van der Waals surface area contributed by atoms with Crippen molar-refractivity contribution in [3.63, 3.8) is 0 Å². The Bertz CT molecular complexity index is 527. The van der Waals surface area contributed by atoms with E-state index in [-0.39, 0.29) is 10.9 Å². The Balaban J connectivity index is 2.12. The Morgan fingerprint density at radius 2 is 1.65 bits per heavy atom. The number of nitrogen functional groups attached to an aromatic ring is 1. The minimum atomic E-state index is -3.46. The van der Waals surface area contributed by atoms with Gasteiger partial charge in [0.2, 0.25) is 10.0 Å². The van der Waals surface area contributed by atoms with E-state index < -0.39 is 10.0 Å². The molecule has 1 saturated carbocycles. The number of benzene rings is 1. The molecule has 0 heterocycles. The minimum Gasteiger partial charge on any atom is -0.399 e. The quantitative estimate of drug-likeness (QED) is 0.842. The highest BCUT2D eigenvalue weighted by molar-refractivity contribution is 7.89. The van der Waals surface area contributed by atoms with Crippen LogP contribution in [0.5, 0.6) is 0 Å². The topological polar surface area (TPSA) is 72.2 Å². The van der Waals surface area contributed by atoms with Gasteiger partial charge in [0, 0.05) is 11.7 Å². The van der Waals surface area contributed by atoms with E-state index in [9.17, 15) is 8.42 Å². The number of anilines is 1. The van der Waals surface area contributed by atoms with Crippen LogP contribution in [0.2, 0.25) is 0 Å². The predicted octanol–water partition coefficient (Wildman–Crippen LogP) is 2.97. The van der Waals surface area contributed by atoms with Crippen molar-refractivity contribution in [2.45, 2.75) is 62.8 Å². The van der Waals surface area contributed by atoms with Gasteiger partial charge in [-0.05, 0) is 43.5 Å². The van der Waals surface area contributed by atoms with Crippen molar-refractivity contribution in [3.05, 3.63) is 23.8 Å². The van der Waals surface area contributed by atoms with Crippen LogP contribution in [0.1, 0.15) is 50.5 Å². The van der Waals surface area contributed by atoms with Gasteiger partial charge in [0.25, 0.3) is 0 Å². The molecule has 1 fully saturated rings. The lowest BCUT2D eigenvalue weighted by Crippen LogP contribution is -2.35. The summed E-state index contributed by atoms with van der Waals surface area (Å²) in [5, 5.41) is 0. The fraction of sp³-hybridized carbons (Fsp3) is 0.600. The number of sulfonamides is 1. The zero-order valence-corrected chi connectivity index (χ0v) is 12.9. The highest BCUT2D eigenvalue weighted by Crippen LogP contribution is 2.21. The molecule has 2 rings (SSSR count). The third kappa shape index (κ3) is 4.21. The largest absolute Gasteiger partial charge is 0.399 e. The molecule has 1 aliphatic rings. The highest BCUT2D eigenvalue weighted by atomic mass is 32.2. The number of hydrogen-bond donors (Lipinski definition) is 2. The Kier molecular flexibility index (Phi) is 5.05. The molecule has 20 heavy (non-hydrogen) atoms. The van der Waals surface area contributed by atoms with Gasteiger partial charge in [-0.1, -0.05) is 32.1 Å². The van der Waals surface area contributed by atoms with Crippen molar-refractivity contribution in [1.29, 1.82) is 0 Å². The standard InChI is InChI=1S/C15H24N2O2S/c1-12-9-13(16)11-15(10-12)20(18,19)17-14-7-5-3-2-4-6-8-14/h9-11,14,17H,2-8,16H2,1H3. The molecule has 1 aromatic rings. The Morgan fingerprint density at radius 1 is 1.05 bits per heavy atom. The maximum absolute atomic E-state index is 12.4. The van der Waals surface area contributed by atoms with E-state index in [0.717, 1.165) is 31.2 Å². The number of rotatable bonds is 3. The molecule has 1 aliphatic carbocycles. The van der Waals surface area contributed by atoms with E-state index >= 15 is 0 Å². The summed E-state index contributed by atoms with van der Waals surface area (Å²) in [6.07, 6.45) is 7.74. The first-order valence-corrected chi connectivity index (χ1v) is 8.85. The van der Waals surface area contributed by atoms with E-state index in [4.69, 9.17) is 5.73 Å². The molecule has 0 aliphatic heterocycles. The SMILES string of the molecule is Cc1cc(N)cc(S(=O)(=O)NC2CCCCCCC2)c1. The van der Waals surface area contributed by atoms with Gasteiger partial charge >= 0.3 is 0 Å². The average Bonchev–Trinajstić information content (AvgIpc) is 2.31. The smallest absolute Gasteiger partial charge is 0.240 e. The Labute approximate surface area is 121 Å². The molecule has 0 aromatic heterocycles. The summed E-state index contributed by atoms with van der Waals surface area (Å²) in [5.41, 5.74) is 7.10. The van der Waals surface area contributed by atoms with Gasteiger partial charge < -0.3 is 5.73 Å². The molecule has 0 saturated heterocycles. The van der Waals surface area contributed by atoms with Crippen LogP contribution in [-0.4, -0.2) is 14.5 Å². The zero-order chi connectivity index (χ0) is 14.6. The van der Waals surface area contributed by atoms with Crippen molar-refractivity contribution in [2.75, 3.05) is 5.73 Å². The second-order valence-electron chi connectivity index (χ2n) is 5.74. The summed E-state index contributed by atoms with van der Waals surface area (Å²) >= 11 is 0. The molecule has 0 radical (unpaired) electrons. The normalized spacial score (nSPS) is 18.4. The molecule has 0 atom stereocenters. The lowest BCUT2D eigenvalue weighted by molar-refractivity contribution is 0.426. The predicted molar refractivity (Wildman–Crippen MR) is 82.0 cm³/mol. The van der Waals surface area contributed by atoms with Crippen molar-refractivity contribution in [2.24, 2.45) is 0 Å². The van der Waals surface area contributed by atoms with E-state index in [1.165, 1.54) is 25.3 Å². The molecular formula is C15H24N2O2S. The minimum absolute atomic E-state index is 0.0574. The van der Waals surface area contributed by atoms with E-state index in [0.29, 0.717) is 5.69 Å². The van der Waals surface area contributed by atoms with Gasteiger partial charge in [-0.15, -0.1) is 0 Å². The van der Waals surface area contributed by atoms with Crippen LogP contribution in [0.15, 0.2) is 23.1 Å². The lowest BCUT2D eigenvalue weighted by Gasteiger charge is -2.21. The summed E-state index contributed by atoms with van der Waals surface area (Å²) in [5.74, 6) is 0. The molecule has 112 valence electrons.